The van der Waals surface area contributed by atoms with Gasteiger partial charge >= 0.3 is 0 Å². The van der Waals surface area contributed by atoms with Crippen LogP contribution in [0.3, 0.4) is 0 Å². The summed E-state index contributed by atoms with van der Waals surface area (Å²) in [7, 11) is 2.12. The van der Waals surface area contributed by atoms with Crippen molar-refractivity contribution in [2.45, 2.75) is 13.8 Å². The molecule has 1 amide bonds. The highest BCUT2D eigenvalue weighted by molar-refractivity contribution is 6.30. The monoisotopic (exact) mass is 385 g/mol. The first-order valence-electron chi connectivity index (χ1n) is 8.96. The van der Waals surface area contributed by atoms with Gasteiger partial charge in [0.15, 0.2) is 0 Å². The highest BCUT2D eigenvalue weighted by atomic mass is 35.5. The van der Waals surface area contributed by atoms with Crippen molar-refractivity contribution in [2.24, 2.45) is 0 Å². The average molecular weight is 386 g/mol. The van der Waals surface area contributed by atoms with Crippen molar-refractivity contribution in [1.29, 1.82) is 0 Å². The molecule has 6 nitrogen and oxygen atoms in total. The molecule has 3 rings (SSSR count). The van der Waals surface area contributed by atoms with Gasteiger partial charge in [0.25, 0.3) is 0 Å². The zero-order valence-corrected chi connectivity index (χ0v) is 16.6. The van der Waals surface area contributed by atoms with Crippen molar-refractivity contribution >= 4 is 35.2 Å². The van der Waals surface area contributed by atoms with Crippen LogP contribution in [0.2, 0.25) is 5.02 Å². The maximum absolute atomic E-state index is 12.3. The molecule has 0 bridgehead atoms. The first kappa shape index (κ1) is 19.3. The number of piperazine rings is 1. The zero-order chi connectivity index (χ0) is 19.4. The molecule has 7 heteroatoms. The summed E-state index contributed by atoms with van der Waals surface area (Å²) in [4.78, 5) is 26.0. The van der Waals surface area contributed by atoms with E-state index in [9.17, 15) is 4.79 Å². The van der Waals surface area contributed by atoms with E-state index in [0.717, 1.165) is 49.1 Å². The minimum absolute atomic E-state index is 0.216. The molecule has 1 N–H and O–H groups in total. The lowest BCUT2D eigenvalue weighted by Gasteiger charge is -2.32. The fourth-order valence-electron chi connectivity index (χ4n) is 2.94. The van der Waals surface area contributed by atoms with Gasteiger partial charge in [-0.25, -0.2) is 9.97 Å². The molecule has 0 radical (unpaired) electrons. The van der Waals surface area contributed by atoms with Crippen LogP contribution in [0.1, 0.15) is 17.0 Å². The lowest BCUT2D eigenvalue weighted by molar-refractivity contribution is -0.111. The normalized spacial score (nSPS) is 15.3. The molecule has 0 aliphatic carbocycles. The quantitative estimate of drug-likeness (QED) is 0.819. The van der Waals surface area contributed by atoms with Gasteiger partial charge in [-0.2, -0.15) is 0 Å². The molecule has 1 aliphatic rings. The first-order valence-corrected chi connectivity index (χ1v) is 9.33. The molecular formula is C20H24ClN5O. The zero-order valence-electron chi connectivity index (χ0n) is 15.9. The number of carbonyl (C=O) groups excluding carboxylic acids is 1. The lowest BCUT2D eigenvalue weighted by atomic mass is 10.2. The summed E-state index contributed by atoms with van der Waals surface area (Å²) in [5.41, 5.74) is 3.11. The fourth-order valence-corrected chi connectivity index (χ4v) is 3.06. The second-order valence-corrected chi connectivity index (χ2v) is 7.17. The molecule has 27 heavy (non-hydrogen) atoms. The van der Waals surface area contributed by atoms with Gasteiger partial charge in [-0.05, 0) is 44.7 Å². The molecule has 2 heterocycles. The Morgan fingerprint density at radius 2 is 1.67 bits per heavy atom. The molecule has 0 spiro atoms. The second-order valence-electron chi connectivity index (χ2n) is 6.73. The number of benzene rings is 1. The Morgan fingerprint density at radius 3 is 2.26 bits per heavy atom. The summed E-state index contributed by atoms with van der Waals surface area (Å²) in [6.07, 6.45) is 3.24. The van der Waals surface area contributed by atoms with Crippen LogP contribution in [0, 0.1) is 13.8 Å². The molecular weight excluding hydrogens is 362 g/mol. The van der Waals surface area contributed by atoms with Crippen LogP contribution in [0.5, 0.6) is 0 Å². The van der Waals surface area contributed by atoms with Crippen LogP contribution < -0.4 is 10.2 Å². The number of carbonyl (C=O) groups is 1. The minimum Gasteiger partial charge on any atom is -0.338 e. The van der Waals surface area contributed by atoms with Gasteiger partial charge in [0.1, 0.15) is 0 Å². The molecule has 1 aliphatic heterocycles. The van der Waals surface area contributed by atoms with E-state index in [1.54, 1.807) is 18.2 Å². The van der Waals surface area contributed by atoms with Crippen molar-refractivity contribution in [3.05, 3.63) is 52.3 Å². The number of aryl methyl sites for hydroxylation is 2. The van der Waals surface area contributed by atoms with Crippen molar-refractivity contribution < 1.29 is 4.79 Å². The van der Waals surface area contributed by atoms with Gasteiger partial charge in [0, 0.05) is 37.3 Å². The third-order valence-electron chi connectivity index (χ3n) is 4.59. The molecule has 2 aromatic rings. The molecule has 142 valence electrons. The van der Waals surface area contributed by atoms with Crippen molar-refractivity contribution in [2.75, 3.05) is 43.4 Å². The van der Waals surface area contributed by atoms with Crippen LogP contribution in [0.25, 0.3) is 6.08 Å². The Morgan fingerprint density at radius 1 is 1.07 bits per heavy atom. The van der Waals surface area contributed by atoms with Crippen molar-refractivity contribution in [3.63, 3.8) is 0 Å². The summed E-state index contributed by atoms with van der Waals surface area (Å²) in [5, 5.41) is 3.56. The van der Waals surface area contributed by atoms with E-state index in [0.29, 0.717) is 10.7 Å². The number of likely N-dealkylation sites (N-methyl/N-ethyl adjacent to an activating group) is 1. The van der Waals surface area contributed by atoms with E-state index in [4.69, 9.17) is 11.6 Å². The van der Waals surface area contributed by atoms with Gasteiger partial charge in [-0.1, -0.05) is 23.7 Å². The molecule has 0 unspecified atom stereocenters. The number of nitrogens with one attached hydrogen (secondary N) is 1. The highest BCUT2D eigenvalue weighted by Gasteiger charge is 2.19. The molecule has 1 fully saturated rings. The fraction of sp³-hybridized carbons (Fsp3) is 0.350. The summed E-state index contributed by atoms with van der Waals surface area (Å²) in [6, 6.07) is 7.30. The molecule has 0 saturated carbocycles. The number of hydrogen-bond donors (Lipinski definition) is 1. The number of hydrogen-bond acceptors (Lipinski definition) is 5. The number of rotatable bonds is 4. The summed E-state index contributed by atoms with van der Waals surface area (Å²) in [6.45, 7) is 7.60. The third kappa shape index (κ3) is 5.05. The Hall–Kier alpha value is -2.44. The van der Waals surface area contributed by atoms with Gasteiger partial charge in [-0.3, -0.25) is 4.79 Å². The van der Waals surface area contributed by atoms with Crippen molar-refractivity contribution in [3.8, 4) is 0 Å². The lowest BCUT2D eigenvalue weighted by Crippen LogP contribution is -2.45. The largest absolute Gasteiger partial charge is 0.338 e. The minimum atomic E-state index is -0.216. The van der Waals surface area contributed by atoms with E-state index in [1.807, 2.05) is 26.0 Å². The number of amides is 1. The van der Waals surface area contributed by atoms with Crippen molar-refractivity contribution in [1.82, 2.24) is 14.9 Å². The number of halogens is 1. The van der Waals surface area contributed by atoms with Gasteiger partial charge < -0.3 is 15.1 Å². The second kappa shape index (κ2) is 8.50. The predicted molar refractivity (Wildman–Crippen MR) is 110 cm³/mol. The molecule has 1 saturated heterocycles. The number of anilines is 2. The summed E-state index contributed by atoms with van der Waals surface area (Å²) >= 11 is 5.87. The Bertz CT molecular complexity index is 819. The van der Waals surface area contributed by atoms with E-state index in [1.165, 1.54) is 6.08 Å². The van der Waals surface area contributed by atoms with E-state index < -0.39 is 0 Å². The van der Waals surface area contributed by atoms with Crippen LogP contribution in [-0.4, -0.2) is 54.0 Å². The number of nitrogens with zero attached hydrogens (tertiary/aromatic N) is 4. The van der Waals surface area contributed by atoms with Crippen LogP contribution in [0.15, 0.2) is 30.3 Å². The summed E-state index contributed by atoms with van der Waals surface area (Å²) < 4.78 is 0. The predicted octanol–water partition coefficient (Wildman–Crippen LogP) is 3.15. The smallest absolute Gasteiger partial charge is 0.248 e. The third-order valence-corrected chi connectivity index (χ3v) is 4.84. The van der Waals surface area contributed by atoms with Gasteiger partial charge in [0.05, 0.1) is 17.1 Å². The van der Waals surface area contributed by atoms with E-state index in [2.05, 4.69) is 32.1 Å². The molecule has 0 atom stereocenters. The Balaban J connectivity index is 1.69. The van der Waals surface area contributed by atoms with E-state index >= 15 is 0 Å². The first-order chi connectivity index (χ1) is 12.9. The average Bonchev–Trinajstić information content (AvgIpc) is 2.64. The maximum atomic E-state index is 12.3. The Kier molecular flexibility index (Phi) is 6.08. The van der Waals surface area contributed by atoms with Crippen LogP contribution in [-0.2, 0) is 4.79 Å². The topological polar surface area (TPSA) is 61.4 Å². The number of aromatic nitrogens is 2. The van der Waals surface area contributed by atoms with Gasteiger partial charge in [0.2, 0.25) is 11.9 Å². The van der Waals surface area contributed by atoms with E-state index in [-0.39, 0.29) is 5.91 Å². The Labute approximate surface area is 164 Å². The maximum Gasteiger partial charge on any atom is 0.248 e. The van der Waals surface area contributed by atoms with Crippen LogP contribution >= 0.6 is 11.6 Å². The standard InChI is InChI=1S/C20H24ClN5O/c1-14-19(24-18(27)9-6-16-4-7-17(21)8-5-16)15(2)23-20(22-14)26-12-10-25(3)11-13-26/h4-9H,10-13H2,1-3H3,(H,24,27)/b9-6+. The van der Waals surface area contributed by atoms with Crippen LogP contribution in [0.4, 0.5) is 11.6 Å². The summed E-state index contributed by atoms with van der Waals surface area (Å²) in [5.74, 6) is 0.514. The molecule has 1 aromatic carbocycles. The molecule has 1 aromatic heterocycles. The SMILES string of the molecule is Cc1nc(N2CCN(C)CC2)nc(C)c1NC(=O)/C=C/c1ccc(Cl)cc1. The highest BCUT2D eigenvalue weighted by Crippen LogP contribution is 2.21. The van der Waals surface area contributed by atoms with Gasteiger partial charge in [-0.15, -0.1) is 0 Å².